The Morgan fingerprint density at radius 1 is 1.50 bits per heavy atom. The molecular formula is C16H25N3S. The normalized spacial score (nSPS) is 18.8. The van der Waals surface area contributed by atoms with E-state index in [0.717, 1.165) is 28.4 Å². The molecule has 110 valence electrons. The Hall–Kier alpha value is -1.16. The van der Waals surface area contributed by atoms with Crippen LogP contribution in [0.15, 0.2) is 23.1 Å². The average Bonchev–Trinajstić information content (AvgIpc) is 2.87. The summed E-state index contributed by atoms with van der Waals surface area (Å²) in [6.07, 6.45) is 2.46. The van der Waals surface area contributed by atoms with Gasteiger partial charge in [-0.3, -0.25) is 5.41 Å². The number of nitrogens with zero attached hydrogens (tertiary/aromatic N) is 1. The van der Waals surface area contributed by atoms with Crippen molar-refractivity contribution in [3.8, 4) is 0 Å². The molecule has 1 unspecified atom stereocenters. The minimum Gasteiger partial charge on any atom is -0.384 e. The van der Waals surface area contributed by atoms with Crippen molar-refractivity contribution in [1.82, 2.24) is 0 Å². The number of nitrogens with two attached hydrogens (primary N) is 1. The Morgan fingerprint density at radius 2 is 2.25 bits per heavy atom. The lowest BCUT2D eigenvalue weighted by molar-refractivity contribution is 0.491. The van der Waals surface area contributed by atoms with Gasteiger partial charge in [-0.2, -0.15) is 0 Å². The number of amidine groups is 1. The zero-order valence-corrected chi connectivity index (χ0v) is 13.5. The van der Waals surface area contributed by atoms with Crippen LogP contribution in [0.4, 0.5) is 5.69 Å². The molecule has 20 heavy (non-hydrogen) atoms. The molecule has 2 rings (SSSR count). The second-order valence-electron chi connectivity index (χ2n) is 5.64. The Morgan fingerprint density at radius 3 is 2.85 bits per heavy atom. The summed E-state index contributed by atoms with van der Waals surface area (Å²) in [6, 6.07) is 6.86. The van der Waals surface area contributed by atoms with Gasteiger partial charge >= 0.3 is 0 Å². The van der Waals surface area contributed by atoms with Crippen LogP contribution in [0, 0.1) is 11.3 Å². The molecule has 4 heteroatoms. The van der Waals surface area contributed by atoms with Crippen LogP contribution < -0.4 is 10.6 Å². The standard InChI is InChI=1S/C16H25N3S/c1-4-20-14-9-5-7-13(15(14)16(17)18)19-10-6-8-12(19)11(2)3/h5,7,9,11-12H,4,6,8,10H2,1-3H3,(H3,17,18). The van der Waals surface area contributed by atoms with E-state index in [0.29, 0.717) is 12.0 Å². The Kier molecular flexibility index (Phi) is 4.97. The second-order valence-corrected chi connectivity index (χ2v) is 6.95. The fourth-order valence-corrected chi connectivity index (χ4v) is 3.93. The van der Waals surface area contributed by atoms with Gasteiger partial charge < -0.3 is 10.6 Å². The summed E-state index contributed by atoms with van der Waals surface area (Å²) in [5.74, 6) is 1.81. The van der Waals surface area contributed by atoms with Gasteiger partial charge in [0.2, 0.25) is 0 Å². The van der Waals surface area contributed by atoms with Crippen LogP contribution in [-0.2, 0) is 0 Å². The highest BCUT2D eigenvalue weighted by molar-refractivity contribution is 7.99. The first kappa shape index (κ1) is 15.2. The zero-order valence-electron chi connectivity index (χ0n) is 12.6. The summed E-state index contributed by atoms with van der Waals surface area (Å²) < 4.78 is 0. The molecular weight excluding hydrogens is 266 g/mol. The van der Waals surface area contributed by atoms with Gasteiger partial charge in [-0.25, -0.2) is 0 Å². The van der Waals surface area contributed by atoms with Crippen LogP contribution in [-0.4, -0.2) is 24.2 Å². The fourth-order valence-electron chi connectivity index (χ4n) is 3.09. The molecule has 1 fully saturated rings. The molecule has 0 bridgehead atoms. The Bertz CT molecular complexity index is 485. The van der Waals surface area contributed by atoms with Crippen molar-refractivity contribution in [3.05, 3.63) is 23.8 Å². The third-order valence-electron chi connectivity index (χ3n) is 3.95. The van der Waals surface area contributed by atoms with Crippen LogP contribution in [0.25, 0.3) is 0 Å². The molecule has 1 aromatic rings. The number of hydrogen-bond acceptors (Lipinski definition) is 3. The van der Waals surface area contributed by atoms with E-state index in [4.69, 9.17) is 11.1 Å². The molecule has 0 amide bonds. The van der Waals surface area contributed by atoms with Gasteiger partial charge in [-0.05, 0) is 36.6 Å². The lowest BCUT2D eigenvalue weighted by atomic mass is 10.0. The zero-order chi connectivity index (χ0) is 14.7. The third kappa shape index (κ3) is 2.95. The monoisotopic (exact) mass is 291 g/mol. The molecule has 1 aliphatic heterocycles. The predicted octanol–water partition coefficient (Wildman–Crippen LogP) is 3.71. The number of nitrogens with one attached hydrogen (secondary N) is 1. The molecule has 1 aromatic carbocycles. The van der Waals surface area contributed by atoms with E-state index < -0.39 is 0 Å². The number of rotatable bonds is 5. The first-order valence-corrected chi connectivity index (χ1v) is 8.41. The SMILES string of the molecule is CCSc1cccc(N2CCCC2C(C)C)c1C(=N)N. The van der Waals surface area contributed by atoms with Crippen LogP contribution in [0.2, 0.25) is 0 Å². The summed E-state index contributed by atoms with van der Waals surface area (Å²) in [6.45, 7) is 7.76. The first-order valence-electron chi connectivity index (χ1n) is 7.43. The molecule has 0 saturated carbocycles. The van der Waals surface area contributed by atoms with Crippen molar-refractivity contribution in [2.24, 2.45) is 11.7 Å². The van der Waals surface area contributed by atoms with Gasteiger partial charge in [0.1, 0.15) is 5.84 Å². The van der Waals surface area contributed by atoms with E-state index >= 15 is 0 Å². The maximum atomic E-state index is 7.97. The number of hydrogen-bond donors (Lipinski definition) is 2. The topological polar surface area (TPSA) is 53.1 Å². The van der Waals surface area contributed by atoms with E-state index in [1.54, 1.807) is 11.8 Å². The van der Waals surface area contributed by atoms with Gasteiger partial charge in [0.25, 0.3) is 0 Å². The van der Waals surface area contributed by atoms with Crippen LogP contribution in [0.1, 0.15) is 39.2 Å². The predicted molar refractivity (Wildman–Crippen MR) is 89.1 cm³/mol. The molecule has 3 N–H and O–H groups in total. The second kappa shape index (κ2) is 6.53. The van der Waals surface area contributed by atoms with Gasteiger partial charge in [0.05, 0.1) is 5.56 Å². The highest BCUT2D eigenvalue weighted by Crippen LogP contribution is 2.36. The van der Waals surface area contributed by atoms with E-state index in [9.17, 15) is 0 Å². The quantitative estimate of drug-likeness (QED) is 0.494. The van der Waals surface area contributed by atoms with E-state index in [1.165, 1.54) is 12.8 Å². The van der Waals surface area contributed by atoms with E-state index in [2.05, 4.69) is 43.9 Å². The molecule has 1 heterocycles. The molecule has 0 radical (unpaired) electrons. The third-order valence-corrected chi connectivity index (χ3v) is 4.89. The molecule has 1 aliphatic rings. The maximum Gasteiger partial charge on any atom is 0.126 e. The lowest BCUT2D eigenvalue weighted by Gasteiger charge is -2.32. The van der Waals surface area contributed by atoms with E-state index in [-0.39, 0.29) is 5.84 Å². The highest BCUT2D eigenvalue weighted by Gasteiger charge is 2.29. The van der Waals surface area contributed by atoms with Gasteiger partial charge in [0.15, 0.2) is 0 Å². The number of nitrogen functional groups attached to an aromatic ring is 1. The largest absolute Gasteiger partial charge is 0.384 e. The van der Waals surface area contributed by atoms with Gasteiger partial charge in [-0.15, -0.1) is 11.8 Å². The molecule has 3 nitrogen and oxygen atoms in total. The number of benzene rings is 1. The summed E-state index contributed by atoms with van der Waals surface area (Å²) in [5, 5.41) is 7.97. The number of thioether (sulfide) groups is 1. The highest BCUT2D eigenvalue weighted by atomic mass is 32.2. The Labute approximate surface area is 126 Å². The van der Waals surface area contributed by atoms with E-state index in [1.807, 2.05) is 0 Å². The first-order chi connectivity index (χ1) is 9.56. The van der Waals surface area contributed by atoms with Gasteiger partial charge in [-0.1, -0.05) is 26.8 Å². The van der Waals surface area contributed by atoms with Crippen molar-refractivity contribution in [2.45, 2.75) is 44.6 Å². The summed E-state index contributed by atoms with van der Waals surface area (Å²) in [7, 11) is 0. The minimum absolute atomic E-state index is 0.186. The lowest BCUT2D eigenvalue weighted by Crippen LogP contribution is -2.35. The van der Waals surface area contributed by atoms with Crippen molar-refractivity contribution in [3.63, 3.8) is 0 Å². The maximum absolute atomic E-state index is 7.97. The van der Waals surface area contributed by atoms with Crippen molar-refractivity contribution < 1.29 is 0 Å². The van der Waals surface area contributed by atoms with Gasteiger partial charge in [0, 0.05) is 23.2 Å². The van der Waals surface area contributed by atoms with Crippen LogP contribution in [0.3, 0.4) is 0 Å². The van der Waals surface area contributed by atoms with Crippen LogP contribution in [0.5, 0.6) is 0 Å². The van der Waals surface area contributed by atoms with Crippen LogP contribution >= 0.6 is 11.8 Å². The molecule has 1 atom stereocenters. The molecule has 1 saturated heterocycles. The average molecular weight is 291 g/mol. The number of anilines is 1. The molecule has 0 spiro atoms. The van der Waals surface area contributed by atoms with Crippen molar-refractivity contribution in [1.29, 1.82) is 5.41 Å². The molecule has 0 aliphatic carbocycles. The smallest absolute Gasteiger partial charge is 0.126 e. The van der Waals surface area contributed by atoms with Crippen molar-refractivity contribution in [2.75, 3.05) is 17.2 Å². The molecule has 0 aromatic heterocycles. The summed E-state index contributed by atoms with van der Waals surface area (Å²) in [5.41, 5.74) is 7.95. The fraction of sp³-hybridized carbons (Fsp3) is 0.562. The summed E-state index contributed by atoms with van der Waals surface area (Å²) >= 11 is 1.77. The summed E-state index contributed by atoms with van der Waals surface area (Å²) in [4.78, 5) is 3.59. The van der Waals surface area contributed by atoms with Crippen molar-refractivity contribution >= 4 is 23.3 Å². The Balaban J connectivity index is 2.45. The minimum atomic E-state index is 0.186.